The van der Waals surface area contributed by atoms with Gasteiger partial charge in [-0.05, 0) is 26.2 Å². The van der Waals surface area contributed by atoms with E-state index < -0.39 is 0 Å². The van der Waals surface area contributed by atoms with Gasteiger partial charge in [0.2, 0.25) is 0 Å². The van der Waals surface area contributed by atoms with Crippen molar-refractivity contribution < 1.29 is 4.79 Å². The van der Waals surface area contributed by atoms with E-state index in [1.165, 1.54) is 11.3 Å². The Morgan fingerprint density at radius 3 is 2.94 bits per heavy atom. The van der Waals surface area contributed by atoms with Crippen LogP contribution in [0.25, 0.3) is 0 Å². The van der Waals surface area contributed by atoms with Crippen LogP contribution in [0.4, 0.5) is 0 Å². The van der Waals surface area contributed by atoms with Crippen LogP contribution >= 0.6 is 23.6 Å². The van der Waals surface area contributed by atoms with Crippen molar-refractivity contribution >= 4 is 34.5 Å². The summed E-state index contributed by atoms with van der Waals surface area (Å²) < 4.78 is 0. The molecule has 6 heteroatoms. The minimum atomic E-state index is -0.111. The Labute approximate surface area is 104 Å². The van der Waals surface area contributed by atoms with Crippen LogP contribution in [-0.2, 0) is 0 Å². The highest BCUT2D eigenvalue weighted by atomic mass is 32.1. The summed E-state index contributed by atoms with van der Waals surface area (Å²) in [6.45, 7) is 2.52. The number of thiocarbonyl (C=S) groups is 1. The molecule has 1 aromatic heterocycles. The minimum absolute atomic E-state index is 0.111. The van der Waals surface area contributed by atoms with E-state index in [-0.39, 0.29) is 5.91 Å². The van der Waals surface area contributed by atoms with E-state index in [4.69, 9.17) is 18.0 Å². The Bertz CT molecular complexity index is 376. The highest BCUT2D eigenvalue weighted by Gasteiger charge is 2.07. The number of carbonyl (C=O) groups is 1. The zero-order valence-electron chi connectivity index (χ0n) is 9.16. The van der Waals surface area contributed by atoms with Gasteiger partial charge in [0, 0.05) is 11.9 Å². The van der Waals surface area contributed by atoms with Crippen LogP contribution in [0.5, 0.6) is 0 Å². The molecule has 16 heavy (non-hydrogen) atoms. The summed E-state index contributed by atoms with van der Waals surface area (Å²) >= 11 is 6.23. The third kappa shape index (κ3) is 4.67. The van der Waals surface area contributed by atoms with Crippen LogP contribution in [-0.4, -0.2) is 22.4 Å². The summed E-state index contributed by atoms with van der Waals surface area (Å²) in [4.78, 5) is 16.2. The van der Waals surface area contributed by atoms with Gasteiger partial charge in [-0.25, -0.2) is 4.98 Å². The molecule has 3 N–H and O–H groups in total. The quantitative estimate of drug-likeness (QED) is 0.600. The van der Waals surface area contributed by atoms with Gasteiger partial charge in [0.1, 0.15) is 5.69 Å². The second-order valence-electron chi connectivity index (χ2n) is 3.43. The van der Waals surface area contributed by atoms with Crippen molar-refractivity contribution in [2.45, 2.75) is 26.2 Å². The largest absolute Gasteiger partial charge is 0.393 e. The van der Waals surface area contributed by atoms with E-state index in [9.17, 15) is 4.79 Å². The number of rotatable bonds is 6. The number of amides is 1. The van der Waals surface area contributed by atoms with Gasteiger partial charge in [0.25, 0.3) is 5.91 Å². The first-order valence-corrected chi connectivity index (χ1v) is 6.37. The molecule has 1 rings (SSSR count). The number of aryl methyl sites for hydroxylation is 1. The summed E-state index contributed by atoms with van der Waals surface area (Å²) in [5, 5.41) is 5.47. The van der Waals surface area contributed by atoms with Gasteiger partial charge in [0.15, 0.2) is 0 Å². The molecule has 0 aliphatic heterocycles. The first-order chi connectivity index (χ1) is 7.59. The number of nitrogens with two attached hydrogens (primary N) is 1. The van der Waals surface area contributed by atoms with Gasteiger partial charge >= 0.3 is 0 Å². The number of unbranched alkanes of at least 4 members (excludes halogenated alkanes) is 1. The Kier molecular flexibility index (Phi) is 5.34. The third-order valence-electron chi connectivity index (χ3n) is 1.99. The third-order valence-corrected chi connectivity index (χ3v) is 2.96. The molecule has 0 aromatic carbocycles. The molecule has 0 radical (unpaired) electrons. The minimum Gasteiger partial charge on any atom is -0.393 e. The molecule has 0 saturated heterocycles. The number of nitrogens with one attached hydrogen (secondary N) is 1. The number of thiazole rings is 1. The molecule has 0 aliphatic carbocycles. The molecule has 4 nitrogen and oxygen atoms in total. The van der Waals surface area contributed by atoms with E-state index in [2.05, 4.69) is 10.3 Å². The molecular weight excluding hydrogens is 242 g/mol. The number of carbonyl (C=O) groups excluding carboxylic acids is 1. The fraction of sp³-hybridized carbons (Fsp3) is 0.500. The van der Waals surface area contributed by atoms with Gasteiger partial charge in [-0.15, -0.1) is 11.3 Å². The van der Waals surface area contributed by atoms with Crippen LogP contribution in [0.1, 0.15) is 34.8 Å². The Hall–Kier alpha value is -1.01. The maximum absolute atomic E-state index is 11.5. The van der Waals surface area contributed by atoms with Crippen molar-refractivity contribution in [2.75, 3.05) is 6.54 Å². The van der Waals surface area contributed by atoms with E-state index in [1.807, 2.05) is 6.92 Å². The van der Waals surface area contributed by atoms with E-state index in [0.29, 0.717) is 17.2 Å². The highest BCUT2D eigenvalue weighted by Crippen LogP contribution is 2.07. The van der Waals surface area contributed by atoms with E-state index in [1.54, 1.807) is 5.38 Å². The van der Waals surface area contributed by atoms with Crippen molar-refractivity contribution in [3.63, 3.8) is 0 Å². The van der Waals surface area contributed by atoms with Gasteiger partial charge in [-0.2, -0.15) is 0 Å². The summed E-state index contributed by atoms with van der Waals surface area (Å²) in [7, 11) is 0. The molecule has 0 atom stereocenters. The summed E-state index contributed by atoms with van der Waals surface area (Å²) in [5.74, 6) is -0.111. The van der Waals surface area contributed by atoms with E-state index >= 15 is 0 Å². The Balaban J connectivity index is 2.18. The summed E-state index contributed by atoms with van der Waals surface area (Å²) in [5.41, 5.74) is 5.86. The molecule has 0 aliphatic rings. The monoisotopic (exact) mass is 257 g/mol. The van der Waals surface area contributed by atoms with Crippen molar-refractivity contribution in [3.05, 3.63) is 16.1 Å². The standard InChI is InChI=1S/C10H15N3OS2/c1-7-13-8(6-16-7)10(14)12-5-3-2-4-9(11)15/h6H,2-5H2,1H3,(H2,11,15)(H,12,14). The van der Waals surface area contributed by atoms with E-state index in [0.717, 1.165) is 24.3 Å². The van der Waals surface area contributed by atoms with Gasteiger partial charge < -0.3 is 11.1 Å². The van der Waals surface area contributed by atoms with Crippen molar-refractivity contribution in [1.29, 1.82) is 0 Å². The number of hydrogen-bond acceptors (Lipinski definition) is 4. The molecular formula is C10H15N3OS2. The zero-order chi connectivity index (χ0) is 12.0. The van der Waals surface area contributed by atoms with Crippen molar-refractivity contribution in [2.24, 2.45) is 5.73 Å². The first-order valence-electron chi connectivity index (χ1n) is 5.08. The molecule has 1 amide bonds. The second kappa shape index (κ2) is 6.55. The van der Waals surface area contributed by atoms with Gasteiger partial charge in [0.05, 0.1) is 10.00 Å². The molecule has 0 unspecified atom stereocenters. The SMILES string of the molecule is Cc1nc(C(=O)NCCCCC(N)=S)cs1. The average molecular weight is 257 g/mol. The van der Waals surface area contributed by atoms with Gasteiger partial charge in [-0.3, -0.25) is 4.79 Å². The number of aromatic nitrogens is 1. The second-order valence-corrected chi connectivity index (χ2v) is 5.02. The lowest BCUT2D eigenvalue weighted by Crippen LogP contribution is -2.25. The fourth-order valence-electron chi connectivity index (χ4n) is 1.18. The molecule has 0 saturated carbocycles. The lowest BCUT2D eigenvalue weighted by molar-refractivity contribution is 0.0948. The Morgan fingerprint density at radius 1 is 1.62 bits per heavy atom. The topological polar surface area (TPSA) is 68.0 Å². The molecule has 0 bridgehead atoms. The Morgan fingerprint density at radius 2 is 2.38 bits per heavy atom. The van der Waals surface area contributed by atoms with Crippen LogP contribution in [0.3, 0.4) is 0 Å². The predicted octanol–water partition coefficient (Wildman–Crippen LogP) is 1.64. The average Bonchev–Trinajstić information content (AvgIpc) is 2.63. The smallest absolute Gasteiger partial charge is 0.270 e. The molecule has 0 fully saturated rings. The lowest BCUT2D eigenvalue weighted by atomic mass is 10.2. The predicted molar refractivity (Wildman–Crippen MR) is 69.8 cm³/mol. The van der Waals surface area contributed by atoms with Crippen LogP contribution in [0.15, 0.2) is 5.38 Å². The van der Waals surface area contributed by atoms with Crippen LogP contribution in [0.2, 0.25) is 0 Å². The zero-order valence-corrected chi connectivity index (χ0v) is 10.8. The highest BCUT2D eigenvalue weighted by molar-refractivity contribution is 7.80. The maximum atomic E-state index is 11.5. The summed E-state index contributed by atoms with van der Waals surface area (Å²) in [6, 6.07) is 0. The maximum Gasteiger partial charge on any atom is 0.270 e. The molecule has 1 aromatic rings. The number of nitrogens with zero attached hydrogens (tertiary/aromatic N) is 1. The molecule has 0 spiro atoms. The number of hydrogen-bond donors (Lipinski definition) is 2. The van der Waals surface area contributed by atoms with Gasteiger partial charge in [-0.1, -0.05) is 12.2 Å². The van der Waals surface area contributed by atoms with Crippen LogP contribution in [0, 0.1) is 6.92 Å². The first kappa shape index (κ1) is 13.1. The fourth-order valence-corrected chi connectivity index (χ4v) is 1.92. The van der Waals surface area contributed by atoms with Crippen LogP contribution < -0.4 is 11.1 Å². The lowest BCUT2D eigenvalue weighted by Gasteiger charge is -2.02. The molecule has 88 valence electrons. The normalized spacial score (nSPS) is 10.1. The molecule has 1 heterocycles. The van der Waals surface area contributed by atoms with Crippen molar-refractivity contribution in [3.8, 4) is 0 Å². The summed E-state index contributed by atoms with van der Waals surface area (Å²) in [6.07, 6.45) is 2.53. The van der Waals surface area contributed by atoms with Crippen molar-refractivity contribution in [1.82, 2.24) is 10.3 Å².